The molecule has 1 N–H and O–H groups in total. The van der Waals surface area contributed by atoms with Gasteiger partial charge in [0.1, 0.15) is 5.83 Å². The summed E-state index contributed by atoms with van der Waals surface area (Å²) in [6, 6.07) is 0. The summed E-state index contributed by atoms with van der Waals surface area (Å²) in [6.45, 7) is 12.0. The van der Waals surface area contributed by atoms with Gasteiger partial charge in [0.15, 0.2) is 0 Å². The summed E-state index contributed by atoms with van der Waals surface area (Å²) in [7, 11) is 0. The maximum atomic E-state index is 12.4. The van der Waals surface area contributed by atoms with Crippen LogP contribution >= 0.6 is 0 Å². The van der Waals surface area contributed by atoms with Gasteiger partial charge >= 0.3 is 0 Å². The molecule has 0 rings (SSSR count). The van der Waals surface area contributed by atoms with Gasteiger partial charge in [-0.1, -0.05) is 38.7 Å². The molecule has 0 amide bonds. The molecule has 0 atom stereocenters. The Morgan fingerprint density at radius 1 is 1.33 bits per heavy atom. The first-order chi connectivity index (χ1) is 7.11. The fourth-order valence-electron chi connectivity index (χ4n) is 1.07. The zero-order valence-electron chi connectivity index (χ0n) is 9.65. The van der Waals surface area contributed by atoms with Crippen molar-refractivity contribution in [3.05, 3.63) is 48.5 Å². The molecular weight excluding hydrogens is 189 g/mol. The molecule has 0 heterocycles. The fourth-order valence-corrected chi connectivity index (χ4v) is 1.07. The zero-order valence-corrected chi connectivity index (χ0v) is 9.65. The van der Waals surface area contributed by atoms with Crippen molar-refractivity contribution in [2.45, 2.75) is 26.7 Å². The number of nitrogens with one attached hydrogen (secondary N) is 1. The lowest BCUT2D eigenvalue weighted by Gasteiger charge is -2.09. The van der Waals surface area contributed by atoms with Gasteiger partial charge in [-0.05, 0) is 25.0 Å². The second kappa shape index (κ2) is 8.04. The van der Waals surface area contributed by atoms with E-state index in [-0.39, 0.29) is 0 Å². The maximum Gasteiger partial charge on any atom is 0.116 e. The van der Waals surface area contributed by atoms with Gasteiger partial charge in [0.05, 0.1) is 0 Å². The molecule has 0 aliphatic carbocycles. The quantitative estimate of drug-likeness (QED) is 0.495. The Kier molecular flexibility index (Phi) is 7.33. The molecule has 0 aromatic carbocycles. The molecule has 1 nitrogen and oxygen atoms in total. The summed E-state index contributed by atoms with van der Waals surface area (Å²) in [5, 5.41) is 3.19. The van der Waals surface area contributed by atoms with E-state index in [0.717, 1.165) is 30.7 Å². The second-order valence-corrected chi connectivity index (χ2v) is 3.28. The topological polar surface area (TPSA) is 12.0 Å². The van der Waals surface area contributed by atoms with Crippen molar-refractivity contribution in [3.8, 4) is 0 Å². The summed E-state index contributed by atoms with van der Waals surface area (Å²) in [6.07, 6.45) is 7.14. The largest absolute Gasteiger partial charge is 0.385 e. The van der Waals surface area contributed by atoms with Gasteiger partial charge in [-0.3, -0.25) is 0 Å². The molecule has 15 heavy (non-hydrogen) atoms. The molecule has 2 heteroatoms. The average molecular weight is 209 g/mol. The molecule has 0 aromatic rings. The molecule has 0 radical (unpaired) electrons. The van der Waals surface area contributed by atoms with E-state index in [4.69, 9.17) is 0 Å². The molecular formula is C13H20FN. The first-order valence-electron chi connectivity index (χ1n) is 5.23. The van der Waals surface area contributed by atoms with Crippen LogP contribution in [-0.4, -0.2) is 6.54 Å². The molecule has 0 aliphatic heterocycles. The molecule has 0 unspecified atom stereocenters. The van der Waals surface area contributed by atoms with Crippen LogP contribution in [0, 0.1) is 0 Å². The minimum absolute atomic E-state index is 0.448. The molecule has 0 spiro atoms. The number of allylic oxidation sites excluding steroid dienone is 4. The van der Waals surface area contributed by atoms with Gasteiger partial charge in [0, 0.05) is 12.2 Å². The minimum Gasteiger partial charge on any atom is -0.385 e. The molecule has 0 saturated heterocycles. The third-order valence-electron chi connectivity index (χ3n) is 1.97. The van der Waals surface area contributed by atoms with Crippen molar-refractivity contribution in [2.75, 3.05) is 6.54 Å². The van der Waals surface area contributed by atoms with Crippen molar-refractivity contribution in [1.82, 2.24) is 5.32 Å². The molecule has 0 aromatic heterocycles. The van der Waals surface area contributed by atoms with Crippen molar-refractivity contribution in [2.24, 2.45) is 0 Å². The van der Waals surface area contributed by atoms with Crippen LogP contribution in [0.2, 0.25) is 0 Å². The van der Waals surface area contributed by atoms with E-state index < -0.39 is 5.83 Å². The third-order valence-corrected chi connectivity index (χ3v) is 1.97. The van der Waals surface area contributed by atoms with Crippen molar-refractivity contribution < 1.29 is 4.39 Å². The number of hydrogen-bond donors (Lipinski definition) is 1. The summed E-state index contributed by atoms with van der Waals surface area (Å²) < 4.78 is 12.4. The lowest BCUT2D eigenvalue weighted by Crippen LogP contribution is -2.14. The first kappa shape index (κ1) is 13.7. The van der Waals surface area contributed by atoms with E-state index in [9.17, 15) is 4.39 Å². The van der Waals surface area contributed by atoms with Gasteiger partial charge in [0.25, 0.3) is 0 Å². The summed E-state index contributed by atoms with van der Waals surface area (Å²) in [4.78, 5) is 0. The highest BCUT2D eigenvalue weighted by atomic mass is 19.1. The van der Waals surface area contributed by atoms with E-state index >= 15 is 0 Å². The van der Waals surface area contributed by atoms with Crippen LogP contribution < -0.4 is 5.32 Å². The van der Waals surface area contributed by atoms with Crippen LogP contribution in [0.4, 0.5) is 4.39 Å². The van der Waals surface area contributed by atoms with Crippen LogP contribution in [0.5, 0.6) is 0 Å². The van der Waals surface area contributed by atoms with E-state index in [1.54, 1.807) is 6.08 Å². The van der Waals surface area contributed by atoms with Gasteiger partial charge in [-0.2, -0.15) is 0 Å². The smallest absolute Gasteiger partial charge is 0.116 e. The molecule has 84 valence electrons. The van der Waals surface area contributed by atoms with Crippen LogP contribution in [-0.2, 0) is 0 Å². The van der Waals surface area contributed by atoms with Gasteiger partial charge in [-0.25, -0.2) is 4.39 Å². The standard InChI is InChI=1S/C13H20FN/c1-5-7-10-15-12(4)13(6-2)9-8-11(3)14/h6,8-9,15H,3-5,7,10H2,1-2H3/b9-8-,13-6+. The Bertz CT molecular complexity index is 274. The molecule has 0 fully saturated rings. The lowest BCUT2D eigenvalue weighted by molar-refractivity contribution is 0.671. The van der Waals surface area contributed by atoms with Gasteiger partial charge < -0.3 is 5.32 Å². The fraction of sp³-hybridized carbons (Fsp3) is 0.385. The highest BCUT2D eigenvalue weighted by molar-refractivity contribution is 5.38. The molecule has 0 bridgehead atoms. The summed E-state index contributed by atoms with van der Waals surface area (Å²) in [5.74, 6) is -0.448. The van der Waals surface area contributed by atoms with E-state index in [1.165, 1.54) is 6.08 Å². The Labute approximate surface area is 92.1 Å². The highest BCUT2D eigenvalue weighted by Crippen LogP contribution is 2.08. The maximum absolute atomic E-state index is 12.4. The second-order valence-electron chi connectivity index (χ2n) is 3.28. The van der Waals surface area contributed by atoms with E-state index in [0.29, 0.717) is 0 Å². The Balaban J connectivity index is 4.18. The number of hydrogen-bond acceptors (Lipinski definition) is 1. The summed E-state index contributed by atoms with van der Waals surface area (Å²) in [5.41, 5.74) is 1.72. The first-order valence-corrected chi connectivity index (χ1v) is 5.23. The summed E-state index contributed by atoms with van der Waals surface area (Å²) >= 11 is 0. The Morgan fingerprint density at radius 3 is 2.47 bits per heavy atom. The van der Waals surface area contributed by atoms with Crippen molar-refractivity contribution >= 4 is 0 Å². The van der Waals surface area contributed by atoms with Crippen LogP contribution in [0.1, 0.15) is 26.7 Å². The van der Waals surface area contributed by atoms with Crippen LogP contribution in [0.3, 0.4) is 0 Å². The SMILES string of the molecule is C=C(F)/C=C\C(=C/C)C(=C)NCCCC. The predicted octanol–water partition coefficient (Wildman–Crippen LogP) is 3.88. The van der Waals surface area contributed by atoms with Crippen molar-refractivity contribution in [3.63, 3.8) is 0 Å². The zero-order chi connectivity index (χ0) is 11.7. The van der Waals surface area contributed by atoms with Gasteiger partial charge in [0.2, 0.25) is 0 Å². The Hall–Kier alpha value is -1.31. The van der Waals surface area contributed by atoms with Crippen molar-refractivity contribution in [1.29, 1.82) is 0 Å². The number of unbranched alkanes of at least 4 members (excludes halogenated alkanes) is 1. The predicted molar refractivity (Wildman–Crippen MR) is 65.2 cm³/mol. The van der Waals surface area contributed by atoms with E-state index in [2.05, 4.69) is 25.4 Å². The van der Waals surface area contributed by atoms with Gasteiger partial charge in [-0.15, -0.1) is 0 Å². The van der Waals surface area contributed by atoms with Crippen LogP contribution in [0.25, 0.3) is 0 Å². The molecule has 0 saturated carbocycles. The number of rotatable bonds is 7. The Morgan fingerprint density at radius 2 is 2.00 bits per heavy atom. The lowest BCUT2D eigenvalue weighted by atomic mass is 10.1. The normalized spacial score (nSPS) is 11.8. The average Bonchev–Trinajstić information content (AvgIpc) is 2.18. The molecule has 0 aliphatic rings. The van der Waals surface area contributed by atoms with Crippen LogP contribution in [0.15, 0.2) is 48.5 Å². The number of halogens is 1. The highest BCUT2D eigenvalue weighted by Gasteiger charge is 1.96. The third kappa shape index (κ3) is 6.72. The monoisotopic (exact) mass is 209 g/mol. The van der Waals surface area contributed by atoms with E-state index in [1.807, 2.05) is 13.0 Å². The minimum atomic E-state index is -0.448.